The molecule has 0 aliphatic rings. The number of methoxy groups -OCH3 is 1. The predicted molar refractivity (Wildman–Crippen MR) is 42.0 cm³/mol. The fraction of sp³-hybridized carbons (Fsp3) is 0.167. The smallest absolute Gasteiger partial charge is 0.329 e. The zero-order valence-corrected chi connectivity index (χ0v) is 5.02. The van der Waals surface area contributed by atoms with E-state index in [2.05, 4.69) is 24.5 Å². The van der Waals surface area contributed by atoms with E-state index in [1.54, 1.807) is 0 Å². The van der Waals surface area contributed by atoms with Crippen LogP contribution < -0.4 is 0 Å². The molecule has 0 saturated carbocycles. The van der Waals surface area contributed by atoms with Gasteiger partial charge in [0.1, 0.15) is 0 Å². The second kappa shape index (κ2) is 15.6. The van der Waals surface area contributed by atoms with Crippen LogP contribution in [0, 0.1) is 0 Å². The van der Waals surface area contributed by atoms with Gasteiger partial charge in [0.15, 0.2) is 0 Å². The summed E-state index contributed by atoms with van der Waals surface area (Å²) in [6.45, 7) is 9.16. The van der Waals surface area contributed by atoms with Crippen LogP contribution in [0.2, 0.25) is 0 Å². The van der Waals surface area contributed by atoms with Crippen LogP contribution in [0.15, 0.2) is 25.8 Å². The Kier molecular flexibility index (Phi) is 27.6. The first kappa shape index (κ1) is 15.9. The Morgan fingerprint density at radius 1 is 1.56 bits per heavy atom. The van der Waals surface area contributed by atoms with Crippen molar-refractivity contribution in [3.05, 3.63) is 25.8 Å². The maximum absolute atomic E-state index is 9.84. The van der Waals surface area contributed by atoms with Gasteiger partial charge in [-0.2, -0.15) is 0 Å². The normalized spacial score (nSPS) is 5.00. The van der Waals surface area contributed by atoms with Gasteiger partial charge in [0.05, 0.1) is 7.11 Å². The van der Waals surface area contributed by atoms with E-state index in [-0.39, 0.29) is 23.1 Å². The maximum Gasteiger partial charge on any atom is 0.329 e. The fourth-order valence-electron chi connectivity index (χ4n) is 0.0833. The minimum Gasteiger partial charge on any atom is -0.466 e. The lowest BCUT2D eigenvalue weighted by Gasteiger charge is -1.83. The van der Waals surface area contributed by atoms with Crippen molar-refractivity contribution in [2.45, 2.75) is 0 Å². The zero-order valence-electron chi connectivity index (χ0n) is 5.02. The van der Waals surface area contributed by atoms with Gasteiger partial charge < -0.3 is 4.74 Å². The molecule has 0 heterocycles. The Morgan fingerprint density at radius 2 is 1.89 bits per heavy atom. The van der Waals surface area contributed by atoms with Crippen LogP contribution in [0.4, 0.5) is 0 Å². The fourth-order valence-corrected chi connectivity index (χ4v) is 0.0833. The van der Waals surface area contributed by atoms with Crippen LogP contribution >= 0.6 is 0 Å². The summed E-state index contributed by atoms with van der Waals surface area (Å²) < 4.78 is 4.14. The number of carbonyl (C=O) groups excluding carboxylic acids is 1. The van der Waals surface area contributed by atoms with Crippen molar-refractivity contribution < 1.29 is 9.53 Å². The molecule has 0 rings (SSSR count). The standard InChI is InChI=1S/C4H6O2.C2H4.Mg.2H/c1-3-4(5)6-2;1-2;;;/h3H,1H2,2H3;1-2H2;;;. The number of hydrogen-bond acceptors (Lipinski definition) is 2. The van der Waals surface area contributed by atoms with Crippen LogP contribution in [-0.2, 0) is 9.53 Å². The van der Waals surface area contributed by atoms with Gasteiger partial charge in [-0.3, -0.25) is 0 Å². The van der Waals surface area contributed by atoms with Crippen molar-refractivity contribution in [2.75, 3.05) is 7.11 Å². The molecule has 0 aliphatic heterocycles. The van der Waals surface area contributed by atoms with Gasteiger partial charge in [0.25, 0.3) is 0 Å². The second-order valence-corrected chi connectivity index (χ2v) is 0.727. The number of ether oxygens (including phenoxy) is 1. The van der Waals surface area contributed by atoms with E-state index in [1.165, 1.54) is 7.11 Å². The summed E-state index contributed by atoms with van der Waals surface area (Å²) >= 11 is 0. The lowest BCUT2D eigenvalue weighted by atomic mass is 10.7. The minimum absolute atomic E-state index is 0. The van der Waals surface area contributed by atoms with E-state index in [4.69, 9.17) is 0 Å². The quantitative estimate of drug-likeness (QED) is 0.226. The van der Waals surface area contributed by atoms with Crippen molar-refractivity contribution in [1.82, 2.24) is 0 Å². The SMILES string of the molecule is C=C.C=CC(=O)OC.[MgH2]. The molecule has 50 valence electrons. The Balaban J connectivity index is -0.000000109. The van der Waals surface area contributed by atoms with Crippen LogP contribution in [0.1, 0.15) is 0 Å². The predicted octanol–water partition coefficient (Wildman–Crippen LogP) is 0.231. The summed E-state index contributed by atoms with van der Waals surface area (Å²) in [6, 6.07) is 0. The third-order valence-corrected chi connectivity index (χ3v) is 0.368. The molecule has 0 saturated heterocycles. The molecule has 0 aromatic heterocycles. The number of esters is 1. The van der Waals surface area contributed by atoms with Gasteiger partial charge >= 0.3 is 29.0 Å². The van der Waals surface area contributed by atoms with Gasteiger partial charge in [-0.05, 0) is 0 Å². The molecule has 2 nitrogen and oxygen atoms in total. The van der Waals surface area contributed by atoms with Crippen molar-refractivity contribution in [1.29, 1.82) is 0 Å². The van der Waals surface area contributed by atoms with Crippen LogP contribution in [-0.4, -0.2) is 36.1 Å². The van der Waals surface area contributed by atoms with E-state index in [1.807, 2.05) is 0 Å². The van der Waals surface area contributed by atoms with E-state index < -0.39 is 5.97 Å². The molecular formula is C6H12MgO2. The average Bonchev–Trinajstić information content (AvgIpc) is 1.91. The Bertz CT molecular complexity index is 81.1. The molecule has 0 aromatic rings. The molecule has 0 aliphatic carbocycles. The van der Waals surface area contributed by atoms with E-state index in [9.17, 15) is 4.79 Å². The number of rotatable bonds is 1. The van der Waals surface area contributed by atoms with E-state index in [0.29, 0.717) is 0 Å². The second-order valence-electron chi connectivity index (χ2n) is 0.727. The molecule has 0 N–H and O–H groups in total. The van der Waals surface area contributed by atoms with Crippen molar-refractivity contribution in [3.8, 4) is 0 Å². The molecule has 0 bridgehead atoms. The molecule has 0 spiro atoms. The van der Waals surface area contributed by atoms with Gasteiger partial charge in [-0.1, -0.05) is 6.58 Å². The molecule has 0 atom stereocenters. The highest BCUT2D eigenvalue weighted by atomic mass is 24.3. The zero-order chi connectivity index (χ0) is 6.99. The highest BCUT2D eigenvalue weighted by Gasteiger charge is 1.81. The van der Waals surface area contributed by atoms with Crippen molar-refractivity contribution in [3.63, 3.8) is 0 Å². The summed E-state index contributed by atoms with van der Waals surface area (Å²) in [5.41, 5.74) is 0. The largest absolute Gasteiger partial charge is 0.466 e. The number of hydrogen-bond donors (Lipinski definition) is 0. The first-order valence-corrected chi connectivity index (χ1v) is 2.01. The molecule has 3 heteroatoms. The summed E-state index contributed by atoms with van der Waals surface area (Å²) in [7, 11) is 1.31. The highest BCUT2D eigenvalue weighted by molar-refractivity contribution is 5.80. The Morgan fingerprint density at radius 3 is 1.89 bits per heavy atom. The third kappa shape index (κ3) is 18.3. The molecular weight excluding hydrogens is 128 g/mol. The first-order valence-electron chi connectivity index (χ1n) is 2.01. The Labute approximate surface area is 71.7 Å². The first-order chi connectivity index (χ1) is 3.81. The molecule has 0 radical (unpaired) electrons. The lowest BCUT2D eigenvalue weighted by molar-refractivity contribution is -0.134. The van der Waals surface area contributed by atoms with Crippen LogP contribution in [0.5, 0.6) is 0 Å². The van der Waals surface area contributed by atoms with Crippen LogP contribution in [0.25, 0.3) is 0 Å². The van der Waals surface area contributed by atoms with Gasteiger partial charge in [0.2, 0.25) is 0 Å². The van der Waals surface area contributed by atoms with Crippen molar-refractivity contribution >= 4 is 29.0 Å². The third-order valence-electron chi connectivity index (χ3n) is 0.368. The number of carbonyl (C=O) groups is 1. The molecule has 0 aromatic carbocycles. The molecule has 0 amide bonds. The summed E-state index contributed by atoms with van der Waals surface area (Å²) in [5.74, 6) is -0.394. The highest BCUT2D eigenvalue weighted by Crippen LogP contribution is 1.67. The van der Waals surface area contributed by atoms with Crippen LogP contribution in [0.3, 0.4) is 0 Å². The monoisotopic (exact) mass is 140 g/mol. The lowest BCUT2D eigenvalue weighted by Crippen LogP contribution is -1.91. The maximum atomic E-state index is 9.84. The van der Waals surface area contributed by atoms with E-state index in [0.717, 1.165) is 6.08 Å². The van der Waals surface area contributed by atoms with Gasteiger partial charge in [-0.15, -0.1) is 13.2 Å². The van der Waals surface area contributed by atoms with Gasteiger partial charge in [-0.25, -0.2) is 4.79 Å². The average molecular weight is 140 g/mol. The van der Waals surface area contributed by atoms with E-state index >= 15 is 0 Å². The van der Waals surface area contributed by atoms with Gasteiger partial charge in [0, 0.05) is 6.08 Å². The summed E-state index contributed by atoms with van der Waals surface area (Å²) in [4.78, 5) is 9.84. The van der Waals surface area contributed by atoms with Crippen molar-refractivity contribution in [2.24, 2.45) is 0 Å². The summed E-state index contributed by atoms with van der Waals surface area (Å²) in [6.07, 6.45) is 1.11. The minimum atomic E-state index is -0.394. The summed E-state index contributed by atoms with van der Waals surface area (Å²) in [5, 5.41) is 0. The Hall–Kier alpha value is -0.284. The molecule has 0 unspecified atom stereocenters. The molecule has 0 fully saturated rings. The molecule has 9 heavy (non-hydrogen) atoms. The topological polar surface area (TPSA) is 26.3 Å².